The maximum Gasteiger partial charge on any atom is 0.257 e. The van der Waals surface area contributed by atoms with E-state index in [1.54, 1.807) is 11.9 Å². The third kappa shape index (κ3) is 1.91. The minimum Gasteiger partial charge on any atom is -0.383 e. The number of anilines is 1. The van der Waals surface area contributed by atoms with Crippen molar-refractivity contribution in [2.75, 3.05) is 12.8 Å². The zero-order valence-corrected chi connectivity index (χ0v) is 8.40. The number of amides is 1. The topological polar surface area (TPSA) is 59.2 Å². The third-order valence-electron chi connectivity index (χ3n) is 2.53. The van der Waals surface area contributed by atoms with Gasteiger partial charge in [-0.2, -0.15) is 0 Å². The van der Waals surface area contributed by atoms with E-state index in [-0.39, 0.29) is 23.3 Å². The summed E-state index contributed by atoms with van der Waals surface area (Å²) in [6.07, 6.45) is 3.01. The molecule has 0 atom stereocenters. The van der Waals surface area contributed by atoms with Crippen LogP contribution in [-0.4, -0.2) is 28.9 Å². The van der Waals surface area contributed by atoms with Crippen molar-refractivity contribution in [2.24, 2.45) is 0 Å². The van der Waals surface area contributed by atoms with Gasteiger partial charge < -0.3 is 10.6 Å². The van der Waals surface area contributed by atoms with Crippen LogP contribution < -0.4 is 5.73 Å². The fourth-order valence-electron chi connectivity index (χ4n) is 1.44. The van der Waals surface area contributed by atoms with E-state index in [4.69, 9.17) is 5.73 Å². The first-order valence-corrected chi connectivity index (χ1v) is 4.78. The molecule has 15 heavy (non-hydrogen) atoms. The molecule has 2 rings (SSSR count). The van der Waals surface area contributed by atoms with Crippen LogP contribution in [0.5, 0.6) is 0 Å². The van der Waals surface area contributed by atoms with Crippen molar-refractivity contribution < 1.29 is 9.18 Å². The Labute approximate surface area is 86.9 Å². The van der Waals surface area contributed by atoms with E-state index in [9.17, 15) is 9.18 Å². The summed E-state index contributed by atoms with van der Waals surface area (Å²) in [7, 11) is 1.70. The molecule has 1 aliphatic rings. The molecule has 2 N–H and O–H groups in total. The lowest BCUT2D eigenvalue weighted by Crippen LogP contribution is -2.29. The van der Waals surface area contributed by atoms with Gasteiger partial charge in [0.05, 0.1) is 11.8 Å². The first-order valence-electron chi connectivity index (χ1n) is 4.78. The second-order valence-electron chi connectivity index (χ2n) is 3.73. The first kappa shape index (κ1) is 9.89. The van der Waals surface area contributed by atoms with Crippen LogP contribution in [0.4, 0.5) is 10.2 Å². The number of rotatable bonds is 2. The average molecular weight is 209 g/mol. The molecule has 0 radical (unpaired) electrons. The molecule has 4 nitrogen and oxygen atoms in total. The van der Waals surface area contributed by atoms with Crippen LogP contribution in [0.1, 0.15) is 23.2 Å². The van der Waals surface area contributed by atoms with E-state index in [2.05, 4.69) is 4.98 Å². The second-order valence-corrected chi connectivity index (χ2v) is 3.73. The number of pyridine rings is 1. The van der Waals surface area contributed by atoms with Crippen molar-refractivity contribution in [1.82, 2.24) is 9.88 Å². The highest BCUT2D eigenvalue weighted by atomic mass is 19.1. The van der Waals surface area contributed by atoms with Crippen molar-refractivity contribution in [3.05, 3.63) is 23.6 Å². The van der Waals surface area contributed by atoms with E-state index in [0.717, 1.165) is 25.1 Å². The Bertz CT molecular complexity index is 404. The minimum atomic E-state index is -0.545. The van der Waals surface area contributed by atoms with Gasteiger partial charge in [0.1, 0.15) is 11.6 Å². The van der Waals surface area contributed by atoms with Crippen molar-refractivity contribution in [1.29, 1.82) is 0 Å². The molecule has 1 aromatic heterocycles. The summed E-state index contributed by atoms with van der Waals surface area (Å²) in [5.41, 5.74) is 5.67. The summed E-state index contributed by atoms with van der Waals surface area (Å²) in [6, 6.07) is 1.41. The summed E-state index contributed by atoms with van der Waals surface area (Å²) in [5.74, 6) is -0.729. The average Bonchev–Trinajstić information content (AvgIpc) is 3.03. The number of nitrogens with zero attached hydrogens (tertiary/aromatic N) is 2. The Morgan fingerprint density at radius 3 is 2.93 bits per heavy atom. The Hall–Kier alpha value is -1.65. The van der Waals surface area contributed by atoms with Crippen molar-refractivity contribution in [2.45, 2.75) is 18.9 Å². The molecule has 0 bridgehead atoms. The van der Waals surface area contributed by atoms with Crippen molar-refractivity contribution >= 4 is 11.7 Å². The summed E-state index contributed by atoms with van der Waals surface area (Å²) < 4.78 is 12.9. The molecule has 1 saturated carbocycles. The van der Waals surface area contributed by atoms with E-state index in [1.807, 2.05) is 0 Å². The Balaban J connectivity index is 2.27. The lowest BCUT2D eigenvalue weighted by Gasteiger charge is -2.16. The van der Waals surface area contributed by atoms with Gasteiger partial charge in [0.15, 0.2) is 0 Å². The quantitative estimate of drug-likeness (QED) is 0.791. The van der Waals surface area contributed by atoms with Gasteiger partial charge in [-0.3, -0.25) is 4.79 Å². The number of carbonyl (C=O) groups is 1. The molecule has 5 heteroatoms. The molecular weight excluding hydrogens is 197 g/mol. The number of halogens is 1. The number of hydrogen-bond acceptors (Lipinski definition) is 3. The third-order valence-corrected chi connectivity index (χ3v) is 2.53. The van der Waals surface area contributed by atoms with E-state index in [0.29, 0.717) is 0 Å². The SMILES string of the molecule is CN(C(=O)c1cc(F)cnc1N)C1CC1. The Morgan fingerprint density at radius 2 is 2.33 bits per heavy atom. The zero-order chi connectivity index (χ0) is 11.0. The molecule has 1 amide bonds. The Morgan fingerprint density at radius 1 is 1.67 bits per heavy atom. The van der Waals surface area contributed by atoms with Gasteiger partial charge in [-0.1, -0.05) is 0 Å². The van der Waals surface area contributed by atoms with Gasteiger partial charge in [0.2, 0.25) is 0 Å². The number of hydrogen-bond donors (Lipinski definition) is 1. The van der Waals surface area contributed by atoms with Gasteiger partial charge >= 0.3 is 0 Å². The largest absolute Gasteiger partial charge is 0.383 e. The number of carbonyl (C=O) groups excluding carboxylic acids is 1. The highest BCUT2D eigenvalue weighted by molar-refractivity contribution is 5.98. The van der Waals surface area contributed by atoms with Crippen LogP contribution in [-0.2, 0) is 0 Å². The monoisotopic (exact) mass is 209 g/mol. The van der Waals surface area contributed by atoms with Crippen LogP contribution in [0, 0.1) is 5.82 Å². The summed E-state index contributed by atoms with van der Waals surface area (Å²) in [6.45, 7) is 0. The molecule has 80 valence electrons. The van der Waals surface area contributed by atoms with Gasteiger partial charge in [-0.25, -0.2) is 9.37 Å². The molecular formula is C10H12FN3O. The summed E-state index contributed by atoms with van der Waals surface area (Å²) in [5, 5.41) is 0. The molecule has 1 heterocycles. The van der Waals surface area contributed by atoms with Crippen molar-refractivity contribution in [3.8, 4) is 0 Å². The highest BCUT2D eigenvalue weighted by Crippen LogP contribution is 2.27. The van der Waals surface area contributed by atoms with Crippen LogP contribution in [0.15, 0.2) is 12.3 Å². The highest BCUT2D eigenvalue weighted by Gasteiger charge is 2.31. The molecule has 1 fully saturated rings. The van der Waals surface area contributed by atoms with Crippen LogP contribution in [0.3, 0.4) is 0 Å². The van der Waals surface area contributed by atoms with Gasteiger partial charge in [0, 0.05) is 13.1 Å². The van der Waals surface area contributed by atoms with E-state index >= 15 is 0 Å². The first-order chi connectivity index (χ1) is 7.09. The molecule has 0 saturated heterocycles. The number of nitrogens with two attached hydrogens (primary N) is 1. The summed E-state index contributed by atoms with van der Waals surface area (Å²) >= 11 is 0. The van der Waals surface area contributed by atoms with E-state index < -0.39 is 5.82 Å². The number of nitrogen functional groups attached to an aromatic ring is 1. The zero-order valence-electron chi connectivity index (χ0n) is 8.40. The van der Waals surface area contributed by atoms with Crippen LogP contribution >= 0.6 is 0 Å². The maximum absolute atomic E-state index is 12.9. The molecule has 0 spiro atoms. The fraction of sp³-hybridized carbons (Fsp3) is 0.400. The molecule has 0 unspecified atom stereocenters. The lowest BCUT2D eigenvalue weighted by atomic mass is 10.2. The predicted molar refractivity (Wildman–Crippen MR) is 53.7 cm³/mol. The van der Waals surface area contributed by atoms with Crippen LogP contribution in [0.25, 0.3) is 0 Å². The Kier molecular flexibility index (Phi) is 2.30. The van der Waals surface area contributed by atoms with E-state index in [1.165, 1.54) is 0 Å². The van der Waals surface area contributed by atoms with Gasteiger partial charge in [-0.15, -0.1) is 0 Å². The molecule has 1 aromatic rings. The number of aromatic nitrogens is 1. The normalized spacial score (nSPS) is 15.1. The molecule has 1 aliphatic carbocycles. The smallest absolute Gasteiger partial charge is 0.257 e. The lowest BCUT2D eigenvalue weighted by molar-refractivity contribution is 0.0785. The summed E-state index contributed by atoms with van der Waals surface area (Å²) in [4.78, 5) is 17.0. The van der Waals surface area contributed by atoms with Gasteiger partial charge in [0.25, 0.3) is 5.91 Å². The van der Waals surface area contributed by atoms with Gasteiger partial charge in [-0.05, 0) is 18.9 Å². The molecule has 0 aliphatic heterocycles. The standard InChI is InChI=1S/C10H12FN3O/c1-14(7-2-3-7)10(15)8-4-6(11)5-13-9(8)12/h4-5,7H,2-3H2,1H3,(H2,12,13). The fourth-order valence-corrected chi connectivity index (χ4v) is 1.44. The molecule has 0 aromatic carbocycles. The van der Waals surface area contributed by atoms with Crippen molar-refractivity contribution in [3.63, 3.8) is 0 Å². The maximum atomic E-state index is 12.9. The van der Waals surface area contributed by atoms with Crippen LogP contribution in [0.2, 0.25) is 0 Å². The minimum absolute atomic E-state index is 0.0777. The predicted octanol–water partition coefficient (Wildman–Crippen LogP) is 1.04. The second kappa shape index (κ2) is 3.49.